The van der Waals surface area contributed by atoms with Crippen molar-refractivity contribution in [3.8, 4) is 0 Å². The van der Waals surface area contributed by atoms with Crippen LogP contribution in [0.2, 0.25) is 0 Å². The van der Waals surface area contributed by atoms with Crippen LogP contribution in [0.5, 0.6) is 0 Å². The lowest BCUT2D eigenvalue weighted by atomic mass is 10.1. The lowest BCUT2D eigenvalue weighted by molar-refractivity contribution is -0.141. The van der Waals surface area contributed by atoms with Gasteiger partial charge in [0, 0.05) is 12.6 Å². The van der Waals surface area contributed by atoms with Gasteiger partial charge in [-0.1, -0.05) is 13.8 Å². The molecular formula is C13H24N2O3. The fourth-order valence-electron chi connectivity index (χ4n) is 2.29. The van der Waals surface area contributed by atoms with Crippen molar-refractivity contribution in [2.75, 3.05) is 6.54 Å². The van der Waals surface area contributed by atoms with Crippen molar-refractivity contribution >= 4 is 12.0 Å². The second kappa shape index (κ2) is 7.24. The van der Waals surface area contributed by atoms with Gasteiger partial charge < -0.3 is 15.7 Å². The third kappa shape index (κ3) is 5.38. The number of carbonyl (C=O) groups excluding carboxylic acids is 1. The van der Waals surface area contributed by atoms with Crippen molar-refractivity contribution in [3.63, 3.8) is 0 Å². The van der Waals surface area contributed by atoms with Crippen molar-refractivity contribution in [2.45, 2.75) is 52.0 Å². The van der Waals surface area contributed by atoms with Crippen LogP contribution in [0.4, 0.5) is 4.79 Å². The highest BCUT2D eigenvalue weighted by Gasteiger charge is 2.30. The standard InChI is InChI=1S/C13H24N2O3/c1-9(2)4-3-7-14-13(18)15-11-6-5-10(8-11)12(16)17/h9-11H,3-8H2,1-2H3,(H,16,17)(H2,14,15,18). The molecule has 0 bridgehead atoms. The third-order valence-corrected chi connectivity index (χ3v) is 3.36. The quantitative estimate of drug-likeness (QED) is 0.636. The first-order valence-corrected chi connectivity index (χ1v) is 6.76. The Balaban J connectivity index is 2.12. The number of hydrogen-bond acceptors (Lipinski definition) is 2. The van der Waals surface area contributed by atoms with E-state index in [1.807, 2.05) is 0 Å². The smallest absolute Gasteiger partial charge is 0.315 e. The van der Waals surface area contributed by atoms with Gasteiger partial charge >= 0.3 is 12.0 Å². The first kappa shape index (κ1) is 14.8. The van der Waals surface area contributed by atoms with E-state index in [1.54, 1.807) is 0 Å². The van der Waals surface area contributed by atoms with E-state index >= 15 is 0 Å². The molecule has 0 aliphatic heterocycles. The molecule has 3 N–H and O–H groups in total. The van der Waals surface area contributed by atoms with E-state index in [9.17, 15) is 9.59 Å². The molecule has 1 aliphatic carbocycles. The van der Waals surface area contributed by atoms with Gasteiger partial charge in [0.15, 0.2) is 0 Å². The van der Waals surface area contributed by atoms with E-state index in [-0.39, 0.29) is 18.0 Å². The zero-order valence-electron chi connectivity index (χ0n) is 11.2. The molecule has 1 rings (SSSR count). The van der Waals surface area contributed by atoms with Gasteiger partial charge in [-0.3, -0.25) is 4.79 Å². The molecule has 0 heterocycles. The fourth-order valence-corrected chi connectivity index (χ4v) is 2.29. The summed E-state index contributed by atoms with van der Waals surface area (Å²) in [5.74, 6) is -0.395. The zero-order valence-corrected chi connectivity index (χ0v) is 11.2. The topological polar surface area (TPSA) is 78.4 Å². The van der Waals surface area contributed by atoms with Gasteiger partial charge in [0.05, 0.1) is 5.92 Å². The molecule has 0 aromatic carbocycles. The molecule has 2 atom stereocenters. The first-order chi connectivity index (χ1) is 8.49. The molecule has 18 heavy (non-hydrogen) atoms. The van der Waals surface area contributed by atoms with Crippen LogP contribution in [0.3, 0.4) is 0 Å². The van der Waals surface area contributed by atoms with E-state index < -0.39 is 5.97 Å². The van der Waals surface area contributed by atoms with Gasteiger partial charge in [-0.2, -0.15) is 0 Å². The number of carboxylic acid groups (broad SMARTS) is 1. The second-order valence-corrected chi connectivity index (χ2v) is 5.48. The Bertz CT molecular complexity index is 292. The van der Waals surface area contributed by atoms with Crippen molar-refractivity contribution in [1.29, 1.82) is 0 Å². The van der Waals surface area contributed by atoms with Crippen LogP contribution in [0, 0.1) is 11.8 Å². The van der Waals surface area contributed by atoms with Gasteiger partial charge in [-0.05, 0) is 38.0 Å². The Hall–Kier alpha value is -1.26. The molecule has 5 nitrogen and oxygen atoms in total. The third-order valence-electron chi connectivity index (χ3n) is 3.36. The molecule has 5 heteroatoms. The average Bonchev–Trinajstić information content (AvgIpc) is 2.72. The lowest BCUT2D eigenvalue weighted by Crippen LogP contribution is -2.41. The molecule has 0 radical (unpaired) electrons. The fraction of sp³-hybridized carbons (Fsp3) is 0.846. The minimum Gasteiger partial charge on any atom is -0.481 e. The maximum absolute atomic E-state index is 11.6. The number of carboxylic acids is 1. The van der Waals surface area contributed by atoms with E-state index in [2.05, 4.69) is 24.5 Å². The minimum atomic E-state index is -0.753. The average molecular weight is 256 g/mol. The molecule has 0 aromatic rings. The van der Waals surface area contributed by atoms with Crippen LogP contribution in [-0.2, 0) is 4.79 Å². The van der Waals surface area contributed by atoms with Crippen LogP contribution in [-0.4, -0.2) is 29.7 Å². The van der Waals surface area contributed by atoms with Crippen LogP contribution in [0.1, 0.15) is 46.0 Å². The Kier molecular flexibility index (Phi) is 5.95. The summed E-state index contributed by atoms with van der Waals surface area (Å²) in [4.78, 5) is 22.3. The van der Waals surface area contributed by atoms with E-state index in [4.69, 9.17) is 5.11 Å². The monoisotopic (exact) mass is 256 g/mol. The maximum Gasteiger partial charge on any atom is 0.315 e. The number of nitrogens with one attached hydrogen (secondary N) is 2. The molecule has 2 unspecified atom stereocenters. The van der Waals surface area contributed by atoms with Crippen molar-refractivity contribution in [1.82, 2.24) is 10.6 Å². The number of carbonyl (C=O) groups is 2. The molecule has 0 aromatic heterocycles. The highest BCUT2D eigenvalue weighted by Crippen LogP contribution is 2.25. The molecule has 0 spiro atoms. The number of rotatable bonds is 6. The molecular weight excluding hydrogens is 232 g/mol. The van der Waals surface area contributed by atoms with E-state index in [0.29, 0.717) is 25.3 Å². The van der Waals surface area contributed by atoms with E-state index in [0.717, 1.165) is 19.3 Å². The Morgan fingerprint density at radius 1 is 1.33 bits per heavy atom. The Labute approximate surface area is 108 Å². The Morgan fingerprint density at radius 2 is 2.06 bits per heavy atom. The molecule has 104 valence electrons. The van der Waals surface area contributed by atoms with Crippen molar-refractivity contribution in [3.05, 3.63) is 0 Å². The maximum atomic E-state index is 11.6. The van der Waals surface area contributed by atoms with Gasteiger partial charge in [-0.15, -0.1) is 0 Å². The summed E-state index contributed by atoms with van der Waals surface area (Å²) in [6, 6.07) is -0.161. The highest BCUT2D eigenvalue weighted by molar-refractivity contribution is 5.75. The summed E-state index contributed by atoms with van der Waals surface area (Å²) in [5, 5.41) is 14.5. The molecule has 1 saturated carbocycles. The van der Waals surface area contributed by atoms with E-state index in [1.165, 1.54) is 0 Å². The van der Waals surface area contributed by atoms with Crippen molar-refractivity contribution in [2.24, 2.45) is 11.8 Å². The van der Waals surface area contributed by atoms with Gasteiger partial charge in [0.2, 0.25) is 0 Å². The number of urea groups is 1. The molecule has 2 amide bonds. The summed E-state index contributed by atoms with van der Waals surface area (Å²) in [7, 11) is 0. The second-order valence-electron chi connectivity index (χ2n) is 5.48. The highest BCUT2D eigenvalue weighted by atomic mass is 16.4. The van der Waals surface area contributed by atoms with Gasteiger partial charge in [0.1, 0.15) is 0 Å². The summed E-state index contributed by atoms with van der Waals surface area (Å²) in [6.07, 6.45) is 4.05. The van der Waals surface area contributed by atoms with Gasteiger partial charge in [-0.25, -0.2) is 4.79 Å². The SMILES string of the molecule is CC(C)CCCNC(=O)NC1CCC(C(=O)O)C1. The summed E-state index contributed by atoms with van der Waals surface area (Å²) >= 11 is 0. The van der Waals surface area contributed by atoms with Gasteiger partial charge in [0.25, 0.3) is 0 Å². The molecule has 0 saturated heterocycles. The number of aliphatic carboxylic acids is 1. The summed E-state index contributed by atoms with van der Waals surface area (Å²) < 4.78 is 0. The minimum absolute atomic E-state index is 0.0104. The largest absolute Gasteiger partial charge is 0.481 e. The van der Waals surface area contributed by atoms with Crippen molar-refractivity contribution < 1.29 is 14.7 Å². The number of amides is 2. The zero-order chi connectivity index (χ0) is 13.5. The number of hydrogen-bond donors (Lipinski definition) is 3. The Morgan fingerprint density at radius 3 is 2.61 bits per heavy atom. The van der Waals surface area contributed by atoms with Crippen LogP contribution in [0.15, 0.2) is 0 Å². The van der Waals surface area contributed by atoms with Crippen LogP contribution < -0.4 is 10.6 Å². The molecule has 1 aliphatic rings. The predicted octanol–water partition coefficient (Wildman–Crippen LogP) is 1.98. The summed E-state index contributed by atoms with van der Waals surface area (Å²) in [6.45, 7) is 4.99. The normalized spacial score (nSPS) is 23.1. The van der Waals surface area contributed by atoms with Crippen LogP contribution >= 0.6 is 0 Å². The molecule has 1 fully saturated rings. The lowest BCUT2D eigenvalue weighted by Gasteiger charge is -2.13. The first-order valence-electron chi connectivity index (χ1n) is 6.76. The predicted molar refractivity (Wildman–Crippen MR) is 69.4 cm³/mol. The summed E-state index contributed by atoms with van der Waals surface area (Å²) in [5.41, 5.74) is 0. The van der Waals surface area contributed by atoms with Crippen LogP contribution in [0.25, 0.3) is 0 Å².